The van der Waals surface area contributed by atoms with Crippen molar-refractivity contribution in [2.45, 2.75) is 18.7 Å². The highest BCUT2D eigenvalue weighted by atomic mass is 79.9. The van der Waals surface area contributed by atoms with Crippen LogP contribution in [0.25, 0.3) is 0 Å². The first-order chi connectivity index (χ1) is 9.88. The Hall–Kier alpha value is -1.43. The van der Waals surface area contributed by atoms with E-state index in [-0.39, 0.29) is 34.6 Å². The Balaban J connectivity index is 3.21. The standard InChI is InChI=1S/C13H15BrN2O4S/c1-3-16(8-7-15)21(18,19)12-6-5-10(9-11(12)14)13(17)20-4-2/h5-6,9H,3-4,8H2,1-2H3. The second-order valence-electron chi connectivity index (χ2n) is 3.95. The lowest BCUT2D eigenvalue weighted by Gasteiger charge is -2.18. The topological polar surface area (TPSA) is 87.5 Å². The molecule has 0 amide bonds. The maximum Gasteiger partial charge on any atom is 0.338 e. The lowest BCUT2D eigenvalue weighted by atomic mass is 10.2. The van der Waals surface area contributed by atoms with E-state index in [1.165, 1.54) is 18.2 Å². The summed E-state index contributed by atoms with van der Waals surface area (Å²) in [6.07, 6.45) is 0. The zero-order valence-corrected chi connectivity index (χ0v) is 14.1. The van der Waals surface area contributed by atoms with E-state index in [0.29, 0.717) is 0 Å². The SMILES string of the molecule is CCOC(=O)c1ccc(S(=O)(=O)N(CC)CC#N)c(Br)c1. The van der Waals surface area contributed by atoms with Crippen molar-refractivity contribution >= 4 is 31.9 Å². The average Bonchev–Trinajstić information content (AvgIpc) is 2.44. The molecule has 0 spiro atoms. The first-order valence-electron chi connectivity index (χ1n) is 6.22. The Morgan fingerprint density at radius 1 is 1.43 bits per heavy atom. The Morgan fingerprint density at radius 2 is 2.10 bits per heavy atom. The molecule has 0 radical (unpaired) electrons. The number of nitrogens with zero attached hydrogens (tertiary/aromatic N) is 2. The molecule has 0 fully saturated rings. The second-order valence-corrected chi connectivity index (χ2v) is 6.72. The highest BCUT2D eigenvalue weighted by molar-refractivity contribution is 9.10. The van der Waals surface area contributed by atoms with Crippen LogP contribution in [0.5, 0.6) is 0 Å². The van der Waals surface area contributed by atoms with Crippen molar-refractivity contribution in [3.05, 3.63) is 28.2 Å². The van der Waals surface area contributed by atoms with Crippen LogP contribution in [-0.2, 0) is 14.8 Å². The smallest absolute Gasteiger partial charge is 0.338 e. The summed E-state index contributed by atoms with van der Waals surface area (Å²) < 4.78 is 31.0. The van der Waals surface area contributed by atoms with Gasteiger partial charge in [-0.1, -0.05) is 6.92 Å². The predicted octanol–water partition coefficient (Wildman–Crippen LogP) is 2.16. The minimum absolute atomic E-state index is 0.00708. The molecule has 1 aromatic rings. The van der Waals surface area contributed by atoms with Crippen LogP contribution in [0.1, 0.15) is 24.2 Å². The van der Waals surface area contributed by atoms with E-state index in [4.69, 9.17) is 10.00 Å². The van der Waals surface area contributed by atoms with Crippen LogP contribution in [-0.4, -0.2) is 38.4 Å². The Morgan fingerprint density at radius 3 is 2.57 bits per heavy atom. The van der Waals surface area contributed by atoms with Crippen molar-refractivity contribution in [3.63, 3.8) is 0 Å². The van der Waals surface area contributed by atoms with Crippen LogP contribution >= 0.6 is 15.9 Å². The molecule has 21 heavy (non-hydrogen) atoms. The van der Waals surface area contributed by atoms with Crippen molar-refractivity contribution in [2.75, 3.05) is 19.7 Å². The Kier molecular flexibility index (Phi) is 6.33. The monoisotopic (exact) mass is 374 g/mol. The molecule has 0 saturated heterocycles. The van der Waals surface area contributed by atoms with Gasteiger partial charge in [-0.05, 0) is 41.1 Å². The fraction of sp³-hybridized carbons (Fsp3) is 0.385. The van der Waals surface area contributed by atoms with Crippen LogP contribution < -0.4 is 0 Å². The predicted molar refractivity (Wildman–Crippen MR) is 80.1 cm³/mol. The van der Waals surface area contributed by atoms with Gasteiger partial charge in [0.2, 0.25) is 10.0 Å². The third-order valence-electron chi connectivity index (χ3n) is 2.66. The molecule has 114 valence electrons. The van der Waals surface area contributed by atoms with Crippen molar-refractivity contribution in [2.24, 2.45) is 0 Å². The van der Waals surface area contributed by atoms with E-state index >= 15 is 0 Å². The van der Waals surface area contributed by atoms with Crippen LogP contribution in [0, 0.1) is 11.3 Å². The van der Waals surface area contributed by atoms with Gasteiger partial charge in [0, 0.05) is 11.0 Å². The molecule has 1 aromatic carbocycles. The summed E-state index contributed by atoms with van der Waals surface area (Å²) >= 11 is 3.15. The minimum Gasteiger partial charge on any atom is -0.462 e. The van der Waals surface area contributed by atoms with E-state index in [0.717, 1.165) is 4.31 Å². The fourth-order valence-corrected chi connectivity index (χ4v) is 4.02. The number of ether oxygens (including phenoxy) is 1. The Bertz CT molecular complexity index is 667. The van der Waals surface area contributed by atoms with Crippen molar-refractivity contribution in [3.8, 4) is 6.07 Å². The summed E-state index contributed by atoms with van der Waals surface area (Å²) in [5.41, 5.74) is 0.256. The van der Waals surface area contributed by atoms with Crippen molar-refractivity contribution < 1.29 is 17.9 Å². The summed E-state index contributed by atoms with van der Waals surface area (Å²) in [6.45, 7) is 3.53. The van der Waals surface area contributed by atoms with Gasteiger partial charge in [-0.15, -0.1) is 0 Å². The first-order valence-corrected chi connectivity index (χ1v) is 8.45. The van der Waals surface area contributed by atoms with Gasteiger partial charge in [-0.2, -0.15) is 9.57 Å². The molecule has 0 atom stereocenters. The molecule has 0 N–H and O–H groups in total. The van der Waals surface area contributed by atoms with Gasteiger partial charge >= 0.3 is 5.97 Å². The molecule has 6 nitrogen and oxygen atoms in total. The number of nitriles is 1. The largest absolute Gasteiger partial charge is 0.462 e. The van der Waals surface area contributed by atoms with E-state index in [1.54, 1.807) is 13.8 Å². The van der Waals surface area contributed by atoms with Crippen LogP contribution in [0.4, 0.5) is 0 Å². The van der Waals surface area contributed by atoms with Crippen LogP contribution in [0.2, 0.25) is 0 Å². The van der Waals surface area contributed by atoms with E-state index in [2.05, 4.69) is 15.9 Å². The summed E-state index contributed by atoms with van der Waals surface area (Å²) in [4.78, 5) is 11.6. The van der Waals surface area contributed by atoms with E-state index in [1.807, 2.05) is 6.07 Å². The summed E-state index contributed by atoms with van der Waals surface area (Å²) in [5, 5.41) is 8.69. The molecule has 1 rings (SSSR count). The molecule has 8 heteroatoms. The first kappa shape index (κ1) is 17.6. The average molecular weight is 375 g/mol. The third-order valence-corrected chi connectivity index (χ3v) is 5.56. The number of benzene rings is 1. The van der Waals surface area contributed by atoms with E-state index in [9.17, 15) is 13.2 Å². The number of carbonyl (C=O) groups is 1. The quantitative estimate of drug-likeness (QED) is 0.562. The van der Waals surface area contributed by atoms with E-state index < -0.39 is 16.0 Å². The number of rotatable bonds is 6. The number of hydrogen-bond acceptors (Lipinski definition) is 5. The second kappa shape index (κ2) is 7.54. The van der Waals surface area contributed by atoms with Gasteiger partial charge in [0.05, 0.1) is 23.1 Å². The van der Waals surface area contributed by atoms with Crippen molar-refractivity contribution in [1.29, 1.82) is 5.26 Å². The zero-order valence-electron chi connectivity index (χ0n) is 11.7. The van der Waals surface area contributed by atoms with Gasteiger partial charge in [0.25, 0.3) is 0 Å². The maximum atomic E-state index is 12.4. The third kappa shape index (κ3) is 4.03. The summed E-state index contributed by atoms with van der Waals surface area (Å²) in [6, 6.07) is 5.92. The molecule has 0 bridgehead atoms. The van der Waals surface area contributed by atoms with Gasteiger partial charge in [-0.25, -0.2) is 13.2 Å². The summed E-state index contributed by atoms with van der Waals surface area (Å²) in [7, 11) is -3.79. The Labute approximate surface area is 132 Å². The lowest BCUT2D eigenvalue weighted by Crippen LogP contribution is -2.31. The number of sulfonamides is 1. The van der Waals surface area contributed by atoms with Crippen LogP contribution in [0.3, 0.4) is 0 Å². The highest BCUT2D eigenvalue weighted by Crippen LogP contribution is 2.26. The van der Waals surface area contributed by atoms with Gasteiger partial charge in [0.1, 0.15) is 6.54 Å². The number of halogens is 1. The number of carbonyl (C=O) groups excluding carboxylic acids is 1. The molecule has 0 saturated carbocycles. The molecular weight excluding hydrogens is 360 g/mol. The van der Waals surface area contributed by atoms with Crippen LogP contribution in [0.15, 0.2) is 27.6 Å². The maximum absolute atomic E-state index is 12.4. The zero-order chi connectivity index (χ0) is 16.0. The van der Waals surface area contributed by atoms with Gasteiger partial charge in [-0.3, -0.25) is 0 Å². The summed E-state index contributed by atoms with van der Waals surface area (Å²) in [5.74, 6) is -0.522. The minimum atomic E-state index is -3.79. The lowest BCUT2D eigenvalue weighted by molar-refractivity contribution is 0.0526. The number of hydrogen-bond donors (Lipinski definition) is 0. The van der Waals surface area contributed by atoms with Crippen molar-refractivity contribution in [1.82, 2.24) is 4.31 Å². The highest BCUT2D eigenvalue weighted by Gasteiger charge is 2.25. The molecule has 0 aliphatic rings. The molecule has 0 unspecified atom stereocenters. The molecule has 0 aromatic heterocycles. The van der Waals surface area contributed by atoms with Gasteiger partial charge in [0.15, 0.2) is 0 Å². The normalized spacial score (nSPS) is 11.2. The fourth-order valence-electron chi connectivity index (χ4n) is 1.64. The molecule has 0 heterocycles. The van der Waals surface area contributed by atoms with Gasteiger partial charge < -0.3 is 4.74 Å². The molecular formula is C13H15BrN2O4S. The molecule has 0 aliphatic carbocycles. The molecule has 0 aliphatic heterocycles. The number of esters is 1.